The molecule has 6 nitrogen and oxygen atoms in total. The molecule has 32 heavy (non-hydrogen) atoms. The third-order valence-corrected chi connectivity index (χ3v) is 5.39. The van der Waals surface area contributed by atoms with E-state index in [2.05, 4.69) is 6.08 Å². The van der Waals surface area contributed by atoms with Gasteiger partial charge in [-0.15, -0.1) is 11.8 Å². The van der Waals surface area contributed by atoms with Gasteiger partial charge in [0.05, 0.1) is 6.10 Å². The summed E-state index contributed by atoms with van der Waals surface area (Å²) in [5, 5.41) is 18.8. The lowest BCUT2D eigenvalue weighted by atomic mass is 10.1. The smallest absolute Gasteiger partial charge is 0.303 e. The molecule has 0 spiro atoms. The first-order valence-corrected chi connectivity index (χ1v) is 11.9. The fourth-order valence-corrected chi connectivity index (χ4v) is 3.40. The second-order valence-corrected chi connectivity index (χ2v) is 8.01. The largest absolute Gasteiger partial charge is 0.481 e. The highest BCUT2D eigenvalue weighted by atomic mass is 32.2. The summed E-state index contributed by atoms with van der Waals surface area (Å²) in [6.07, 6.45) is 26.1. The molecule has 4 N–H and O–H groups in total. The van der Waals surface area contributed by atoms with Crippen LogP contribution in [0.15, 0.2) is 72.9 Å². The maximum Gasteiger partial charge on any atom is 0.303 e. The van der Waals surface area contributed by atoms with E-state index in [0.717, 1.165) is 19.3 Å². The lowest BCUT2D eigenvalue weighted by Crippen LogP contribution is -2.29. The molecule has 0 aliphatic heterocycles. The number of carbonyl (C=O) groups is 2. The van der Waals surface area contributed by atoms with Gasteiger partial charge in [0, 0.05) is 17.4 Å². The zero-order valence-electron chi connectivity index (χ0n) is 18.8. The van der Waals surface area contributed by atoms with E-state index in [4.69, 9.17) is 15.6 Å². The Morgan fingerprint density at radius 1 is 1.00 bits per heavy atom. The van der Waals surface area contributed by atoms with Gasteiger partial charge in [0.25, 0.3) is 6.47 Å². The number of aliphatic hydroxyl groups is 1. The molecular formula is C25H37NO5S. The second-order valence-electron chi connectivity index (χ2n) is 6.80. The minimum absolute atomic E-state index is 0.167. The fourth-order valence-electron chi connectivity index (χ4n) is 2.38. The van der Waals surface area contributed by atoms with E-state index in [-0.39, 0.29) is 11.7 Å². The summed E-state index contributed by atoms with van der Waals surface area (Å²) >= 11 is 1.45. The topological polar surface area (TPSA) is 110 Å². The minimum Gasteiger partial charge on any atom is -0.481 e. The van der Waals surface area contributed by atoms with E-state index < -0.39 is 18.3 Å². The third-order valence-electron chi connectivity index (χ3n) is 4.02. The van der Waals surface area contributed by atoms with Gasteiger partial charge < -0.3 is 14.9 Å². The van der Waals surface area contributed by atoms with Crippen molar-refractivity contribution in [3.05, 3.63) is 72.9 Å². The molecule has 0 saturated heterocycles. The van der Waals surface area contributed by atoms with Crippen molar-refractivity contribution in [3.63, 3.8) is 0 Å². The number of carbonyl (C=O) groups excluding carboxylic acids is 1. The first-order chi connectivity index (χ1) is 15.5. The fraction of sp³-hybridized carbons (Fsp3) is 0.440. The van der Waals surface area contributed by atoms with Gasteiger partial charge in [0.15, 0.2) is 6.23 Å². The van der Waals surface area contributed by atoms with Gasteiger partial charge in [0.2, 0.25) is 0 Å². The van der Waals surface area contributed by atoms with Crippen LogP contribution in [0.2, 0.25) is 0 Å². The molecular weight excluding hydrogens is 426 g/mol. The number of hydrogen-bond acceptors (Lipinski definition) is 6. The molecule has 0 aliphatic carbocycles. The number of carboxylic acids is 1. The van der Waals surface area contributed by atoms with Gasteiger partial charge >= 0.3 is 5.97 Å². The normalized spacial score (nSPS) is 15.6. The minimum atomic E-state index is -0.777. The van der Waals surface area contributed by atoms with Crippen molar-refractivity contribution in [3.8, 4) is 0 Å². The zero-order valence-corrected chi connectivity index (χ0v) is 19.6. The SMILES string of the molecule is CC/C=C\CC(O)C(/C=C/C=C/C=C\C/C=C\C/C=C\CCC(=O)O)SCC(N)OC=O. The summed E-state index contributed by atoms with van der Waals surface area (Å²) in [5.41, 5.74) is 5.69. The van der Waals surface area contributed by atoms with Crippen LogP contribution >= 0.6 is 11.8 Å². The number of rotatable bonds is 19. The third kappa shape index (κ3) is 19.6. The maximum absolute atomic E-state index is 10.4. The first kappa shape index (κ1) is 29.7. The van der Waals surface area contributed by atoms with Crippen molar-refractivity contribution in [2.45, 2.75) is 63.0 Å². The van der Waals surface area contributed by atoms with Crippen molar-refractivity contribution < 1.29 is 24.5 Å². The Labute approximate surface area is 196 Å². The monoisotopic (exact) mass is 463 g/mol. The van der Waals surface area contributed by atoms with Gasteiger partial charge in [0.1, 0.15) is 0 Å². The maximum atomic E-state index is 10.4. The summed E-state index contributed by atoms with van der Waals surface area (Å²) in [4.78, 5) is 20.8. The number of aliphatic hydroxyl groups excluding tert-OH is 1. The molecule has 0 aliphatic rings. The van der Waals surface area contributed by atoms with Crippen molar-refractivity contribution in [2.75, 3.05) is 5.75 Å². The predicted octanol–water partition coefficient (Wildman–Crippen LogP) is 4.69. The van der Waals surface area contributed by atoms with Crippen molar-refractivity contribution in [1.82, 2.24) is 0 Å². The summed E-state index contributed by atoms with van der Waals surface area (Å²) in [5.74, 6) is -0.381. The molecule has 178 valence electrons. The predicted molar refractivity (Wildman–Crippen MR) is 133 cm³/mol. The van der Waals surface area contributed by atoms with Crippen LogP contribution < -0.4 is 5.73 Å². The molecule has 0 bridgehead atoms. The van der Waals surface area contributed by atoms with Crippen LogP contribution in [0, 0.1) is 0 Å². The summed E-state index contributed by atoms with van der Waals surface area (Å²) in [6, 6.07) is 0. The molecule has 7 heteroatoms. The van der Waals surface area contributed by atoms with E-state index in [9.17, 15) is 14.7 Å². The molecule has 0 rings (SSSR count). The molecule has 0 amide bonds. The number of carboxylic acid groups (broad SMARTS) is 1. The summed E-state index contributed by atoms with van der Waals surface area (Å²) < 4.78 is 4.70. The number of aliphatic carboxylic acids is 1. The average molecular weight is 464 g/mol. The number of thioether (sulfide) groups is 1. The Morgan fingerprint density at radius 3 is 2.38 bits per heavy atom. The van der Waals surface area contributed by atoms with Gasteiger partial charge in [-0.1, -0.05) is 79.8 Å². The van der Waals surface area contributed by atoms with Crippen LogP contribution in [-0.2, 0) is 14.3 Å². The summed E-state index contributed by atoms with van der Waals surface area (Å²) in [6.45, 7) is 2.38. The zero-order chi connectivity index (χ0) is 23.9. The van der Waals surface area contributed by atoms with E-state index in [0.29, 0.717) is 25.1 Å². The van der Waals surface area contributed by atoms with E-state index in [1.807, 2.05) is 73.8 Å². The lowest BCUT2D eigenvalue weighted by molar-refractivity contribution is -0.137. The number of allylic oxidation sites excluding steroid dienone is 10. The van der Waals surface area contributed by atoms with Crippen LogP contribution in [0.5, 0.6) is 0 Å². The highest BCUT2D eigenvalue weighted by Crippen LogP contribution is 2.20. The number of ether oxygens (including phenoxy) is 1. The van der Waals surface area contributed by atoms with Crippen molar-refractivity contribution in [2.24, 2.45) is 5.73 Å². The quantitative estimate of drug-likeness (QED) is 0.110. The van der Waals surface area contributed by atoms with Crippen LogP contribution in [0.3, 0.4) is 0 Å². The molecule has 0 radical (unpaired) electrons. The molecule has 0 aromatic carbocycles. The van der Waals surface area contributed by atoms with Gasteiger partial charge in [-0.3, -0.25) is 15.3 Å². The molecule has 0 heterocycles. The molecule has 3 atom stereocenters. The second kappa shape index (κ2) is 21.9. The van der Waals surface area contributed by atoms with Gasteiger partial charge in [-0.05, 0) is 32.1 Å². The molecule has 0 saturated carbocycles. The Kier molecular flexibility index (Phi) is 20.3. The first-order valence-electron chi connectivity index (χ1n) is 10.8. The molecule has 0 aromatic heterocycles. The number of hydrogen-bond donors (Lipinski definition) is 3. The molecule has 0 aromatic rings. The van der Waals surface area contributed by atoms with Crippen LogP contribution in [-0.4, -0.2) is 46.0 Å². The highest BCUT2D eigenvalue weighted by Gasteiger charge is 2.17. The Hall–Kier alpha value is -2.35. The van der Waals surface area contributed by atoms with Crippen molar-refractivity contribution >= 4 is 24.2 Å². The lowest BCUT2D eigenvalue weighted by Gasteiger charge is -2.19. The van der Waals surface area contributed by atoms with Crippen LogP contribution in [0.25, 0.3) is 0 Å². The Morgan fingerprint density at radius 2 is 1.69 bits per heavy atom. The Balaban J connectivity index is 4.40. The van der Waals surface area contributed by atoms with Gasteiger partial charge in [-0.25, -0.2) is 0 Å². The molecule has 0 fully saturated rings. The average Bonchev–Trinajstić information content (AvgIpc) is 2.76. The van der Waals surface area contributed by atoms with Crippen LogP contribution in [0.4, 0.5) is 0 Å². The Bertz CT molecular complexity index is 667. The summed E-state index contributed by atoms with van der Waals surface area (Å²) in [7, 11) is 0. The molecule has 3 unspecified atom stereocenters. The van der Waals surface area contributed by atoms with Crippen LogP contribution in [0.1, 0.15) is 45.4 Å². The van der Waals surface area contributed by atoms with E-state index in [1.54, 1.807) is 0 Å². The highest BCUT2D eigenvalue weighted by molar-refractivity contribution is 8.00. The number of nitrogens with two attached hydrogens (primary N) is 1. The van der Waals surface area contributed by atoms with E-state index in [1.165, 1.54) is 11.8 Å². The van der Waals surface area contributed by atoms with E-state index >= 15 is 0 Å². The standard InChI is InChI=1S/C25H37NO5S/c1-2-3-14-17-22(28)23(32-20-24(26)31-21-27)18-15-12-10-8-6-4-5-7-9-11-13-16-19-25(29)30/h3,5-8,10-15,18,21-24,28H,2,4,9,16-17,19-20,26H2,1H3,(H,29,30)/b7-5-,8-6-,12-10+,13-11-,14-3-,18-15+. The van der Waals surface area contributed by atoms with Crippen molar-refractivity contribution in [1.29, 1.82) is 0 Å². The van der Waals surface area contributed by atoms with Gasteiger partial charge in [-0.2, -0.15) is 0 Å².